The minimum absolute atomic E-state index is 0.0169. The van der Waals surface area contributed by atoms with Crippen LogP contribution in [0, 0.1) is 6.92 Å². The standard InChI is InChI=1S/C40H57N9O5S/c1-30-4-12-35(13-5-30)45-38(51)18-21-49-24-22-48(23-25-49)20-17-36(50)16-19-42-34-14-10-31(11-15-34)26-37(46-55(54)47(2)3)40(53)44-29-39(52)43-28-33-8-6-32(27-41)7-9-33/h4-15,37,42,46H,16-29,41H2,1-3H3,(H,43,52)(H,44,53)(H,45,51). The number of rotatable bonds is 22. The summed E-state index contributed by atoms with van der Waals surface area (Å²) in [7, 11) is 3.27. The predicted molar refractivity (Wildman–Crippen MR) is 218 cm³/mol. The number of hydrogen-bond donors (Lipinski definition) is 6. The van der Waals surface area contributed by atoms with Gasteiger partial charge in [0.2, 0.25) is 17.7 Å². The number of amides is 3. The second-order valence-electron chi connectivity index (χ2n) is 14.0. The van der Waals surface area contributed by atoms with Gasteiger partial charge in [0, 0.05) is 104 Å². The Bertz CT molecular complexity index is 1700. The van der Waals surface area contributed by atoms with Crippen molar-refractivity contribution in [3.05, 3.63) is 95.1 Å². The predicted octanol–water partition coefficient (Wildman–Crippen LogP) is 1.93. The number of carbonyl (C=O) groups is 4. The molecule has 0 aromatic heterocycles. The number of anilines is 2. The van der Waals surface area contributed by atoms with E-state index in [9.17, 15) is 23.4 Å². The summed E-state index contributed by atoms with van der Waals surface area (Å²) in [6.07, 6.45) is 1.60. The van der Waals surface area contributed by atoms with E-state index in [-0.39, 0.29) is 30.6 Å². The molecule has 1 fully saturated rings. The van der Waals surface area contributed by atoms with Crippen LogP contribution in [0.5, 0.6) is 0 Å². The molecule has 0 aliphatic carbocycles. The van der Waals surface area contributed by atoms with Gasteiger partial charge < -0.3 is 36.8 Å². The van der Waals surface area contributed by atoms with Crippen LogP contribution in [0.4, 0.5) is 11.4 Å². The van der Waals surface area contributed by atoms with Gasteiger partial charge >= 0.3 is 0 Å². The number of piperazine rings is 1. The number of nitrogens with zero attached hydrogens (tertiary/aromatic N) is 3. The fourth-order valence-electron chi connectivity index (χ4n) is 5.87. The highest BCUT2D eigenvalue weighted by molar-refractivity contribution is 7.80. The Morgan fingerprint density at radius 3 is 1.95 bits per heavy atom. The van der Waals surface area contributed by atoms with Gasteiger partial charge in [0.15, 0.2) is 11.2 Å². The minimum atomic E-state index is -1.62. The topological polar surface area (TPSA) is 181 Å². The molecule has 1 heterocycles. The lowest BCUT2D eigenvalue weighted by atomic mass is 10.1. The maximum Gasteiger partial charge on any atom is 0.239 e. The molecule has 2 atom stereocenters. The molecule has 3 aromatic carbocycles. The number of hydrogen-bond acceptors (Lipinski definition) is 9. The zero-order valence-electron chi connectivity index (χ0n) is 32.3. The van der Waals surface area contributed by atoms with Gasteiger partial charge in [-0.3, -0.25) is 19.2 Å². The van der Waals surface area contributed by atoms with E-state index in [2.05, 4.69) is 35.8 Å². The first kappa shape index (κ1) is 43.2. The van der Waals surface area contributed by atoms with Crippen LogP contribution in [-0.4, -0.2) is 114 Å². The first-order chi connectivity index (χ1) is 26.5. The van der Waals surface area contributed by atoms with E-state index in [1.165, 1.54) is 4.31 Å². The van der Waals surface area contributed by atoms with Crippen molar-refractivity contribution in [2.24, 2.45) is 5.73 Å². The SMILES string of the molecule is Cc1ccc(NC(=O)CCN2CCN(CCC(=O)CCNc3ccc(CC(NS(=O)N(C)C)C(=O)NCC(=O)NCc4ccc(CN)cc4)cc3)CC2)cc1. The number of carbonyl (C=O) groups excluding carboxylic acids is 4. The summed E-state index contributed by atoms with van der Waals surface area (Å²) in [5, 5.41) is 11.7. The van der Waals surface area contributed by atoms with Crippen molar-refractivity contribution in [1.29, 1.82) is 0 Å². The normalized spacial score (nSPS) is 14.6. The average molecular weight is 776 g/mol. The molecule has 3 amide bonds. The molecule has 15 heteroatoms. The van der Waals surface area contributed by atoms with E-state index in [1.54, 1.807) is 14.1 Å². The van der Waals surface area contributed by atoms with Crippen LogP contribution in [0.2, 0.25) is 0 Å². The van der Waals surface area contributed by atoms with E-state index in [4.69, 9.17) is 5.73 Å². The molecule has 1 saturated heterocycles. The fraction of sp³-hybridized carbons (Fsp3) is 0.450. The third-order valence-electron chi connectivity index (χ3n) is 9.35. The van der Waals surface area contributed by atoms with Gasteiger partial charge in [-0.05, 0) is 54.3 Å². The molecule has 1 aliphatic rings. The Kier molecular flexibility index (Phi) is 17.9. The monoisotopic (exact) mass is 775 g/mol. The zero-order chi connectivity index (χ0) is 39.6. The van der Waals surface area contributed by atoms with Gasteiger partial charge in [-0.2, -0.15) is 0 Å². The zero-order valence-corrected chi connectivity index (χ0v) is 33.1. The van der Waals surface area contributed by atoms with Crippen LogP contribution in [-0.2, 0) is 49.9 Å². The molecule has 0 radical (unpaired) electrons. The van der Waals surface area contributed by atoms with Crippen LogP contribution >= 0.6 is 0 Å². The Hall–Kier alpha value is -4.51. The number of Topliss-reactive ketones (excluding diaryl/α,β-unsaturated/α-hetero) is 1. The van der Waals surface area contributed by atoms with Gasteiger partial charge in [0.05, 0.1) is 6.54 Å². The number of nitrogens with one attached hydrogen (secondary N) is 5. The van der Waals surface area contributed by atoms with Gasteiger partial charge in [-0.25, -0.2) is 13.2 Å². The molecule has 2 unspecified atom stereocenters. The van der Waals surface area contributed by atoms with Crippen molar-refractivity contribution in [3.63, 3.8) is 0 Å². The lowest BCUT2D eigenvalue weighted by Crippen LogP contribution is -2.50. The fourth-order valence-corrected chi connectivity index (χ4v) is 6.51. The molecule has 7 N–H and O–H groups in total. The largest absolute Gasteiger partial charge is 0.385 e. The molecule has 55 heavy (non-hydrogen) atoms. The Morgan fingerprint density at radius 2 is 1.33 bits per heavy atom. The molecular weight excluding hydrogens is 719 g/mol. The Morgan fingerprint density at radius 1 is 0.745 bits per heavy atom. The summed E-state index contributed by atoms with van der Waals surface area (Å²) in [5.41, 5.74) is 11.2. The molecule has 14 nitrogen and oxygen atoms in total. The van der Waals surface area contributed by atoms with E-state index >= 15 is 0 Å². The highest BCUT2D eigenvalue weighted by Gasteiger charge is 2.23. The van der Waals surface area contributed by atoms with E-state index < -0.39 is 23.1 Å². The summed E-state index contributed by atoms with van der Waals surface area (Å²) < 4.78 is 16.9. The molecular formula is C40H57N9O5S. The quantitative estimate of drug-likeness (QED) is 0.0890. The first-order valence-electron chi connectivity index (χ1n) is 18.8. The summed E-state index contributed by atoms with van der Waals surface area (Å²) >= 11 is -1.62. The Labute approximate surface area is 327 Å². The Balaban J connectivity index is 1.11. The number of nitrogens with two attached hydrogens (primary N) is 1. The molecule has 0 bridgehead atoms. The summed E-state index contributed by atoms with van der Waals surface area (Å²) in [6.45, 7) is 8.01. The second kappa shape index (κ2) is 22.8. The summed E-state index contributed by atoms with van der Waals surface area (Å²) in [6, 6.07) is 22.1. The lowest BCUT2D eigenvalue weighted by Gasteiger charge is -2.34. The molecule has 1 aliphatic heterocycles. The highest BCUT2D eigenvalue weighted by Crippen LogP contribution is 2.13. The highest BCUT2D eigenvalue weighted by atomic mass is 32.2. The maximum atomic E-state index is 13.1. The molecule has 0 saturated carbocycles. The number of benzene rings is 3. The van der Waals surface area contributed by atoms with Gasteiger partial charge in [-0.1, -0.05) is 54.1 Å². The molecule has 298 valence electrons. The van der Waals surface area contributed by atoms with Crippen molar-refractivity contribution in [2.45, 2.75) is 51.7 Å². The van der Waals surface area contributed by atoms with Gasteiger partial charge in [0.1, 0.15) is 11.8 Å². The third kappa shape index (κ3) is 16.0. The van der Waals surface area contributed by atoms with Crippen molar-refractivity contribution in [3.8, 4) is 0 Å². The van der Waals surface area contributed by atoms with Crippen molar-refractivity contribution >= 4 is 46.1 Å². The molecule has 4 rings (SSSR count). The minimum Gasteiger partial charge on any atom is -0.385 e. The van der Waals surface area contributed by atoms with Crippen molar-refractivity contribution in [2.75, 3.05) is 77.1 Å². The van der Waals surface area contributed by atoms with Gasteiger partial charge in [0.25, 0.3) is 0 Å². The van der Waals surface area contributed by atoms with E-state index in [0.717, 1.165) is 72.9 Å². The smallest absolute Gasteiger partial charge is 0.239 e. The molecule has 0 spiro atoms. The van der Waals surface area contributed by atoms with Crippen LogP contribution in [0.25, 0.3) is 0 Å². The first-order valence-corrected chi connectivity index (χ1v) is 19.9. The number of aryl methyl sites for hydroxylation is 1. The van der Waals surface area contributed by atoms with Crippen molar-refractivity contribution < 1.29 is 23.4 Å². The lowest BCUT2D eigenvalue weighted by molar-refractivity contribution is -0.127. The average Bonchev–Trinajstić information content (AvgIpc) is 3.19. The third-order valence-corrected chi connectivity index (χ3v) is 10.5. The van der Waals surface area contributed by atoms with E-state index in [0.29, 0.717) is 38.9 Å². The number of ketones is 1. The second-order valence-corrected chi connectivity index (χ2v) is 15.4. The summed E-state index contributed by atoms with van der Waals surface area (Å²) in [4.78, 5) is 55.2. The van der Waals surface area contributed by atoms with E-state index in [1.807, 2.05) is 79.7 Å². The van der Waals surface area contributed by atoms with Crippen LogP contribution in [0.1, 0.15) is 41.5 Å². The van der Waals surface area contributed by atoms with Crippen LogP contribution in [0.15, 0.2) is 72.8 Å². The van der Waals surface area contributed by atoms with Crippen LogP contribution < -0.4 is 31.7 Å². The van der Waals surface area contributed by atoms with Crippen LogP contribution in [0.3, 0.4) is 0 Å². The van der Waals surface area contributed by atoms with Gasteiger partial charge in [-0.15, -0.1) is 0 Å². The van der Waals surface area contributed by atoms with Crippen molar-refractivity contribution in [1.82, 2.24) is 29.5 Å². The summed E-state index contributed by atoms with van der Waals surface area (Å²) in [5.74, 6) is -0.574. The maximum absolute atomic E-state index is 13.1. The molecule has 3 aromatic rings.